The SMILES string of the molecule is CCCCCC(CC)NCc1ccc(OCC)c(OC)c1. The highest BCUT2D eigenvalue weighted by Gasteiger charge is 2.08. The summed E-state index contributed by atoms with van der Waals surface area (Å²) in [5.74, 6) is 1.63. The average molecular weight is 293 g/mol. The zero-order chi connectivity index (χ0) is 15.5. The summed E-state index contributed by atoms with van der Waals surface area (Å²) in [4.78, 5) is 0. The van der Waals surface area contributed by atoms with Crippen molar-refractivity contribution in [3.8, 4) is 11.5 Å². The van der Waals surface area contributed by atoms with Gasteiger partial charge in [0.1, 0.15) is 0 Å². The fourth-order valence-electron chi connectivity index (χ4n) is 2.45. The van der Waals surface area contributed by atoms with Crippen molar-refractivity contribution in [2.75, 3.05) is 13.7 Å². The topological polar surface area (TPSA) is 30.5 Å². The summed E-state index contributed by atoms with van der Waals surface area (Å²) >= 11 is 0. The van der Waals surface area contributed by atoms with Crippen LogP contribution < -0.4 is 14.8 Å². The number of rotatable bonds is 11. The summed E-state index contributed by atoms with van der Waals surface area (Å²) in [7, 11) is 1.69. The maximum atomic E-state index is 5.55. The zero-order valence-electron chi connectivity index (χ0n) is 14.1. The number of hydrogen-bond donors (Lipinski definition) is 1. The van der Waals surface area contributed by atoms with Gasteiger partial charge in [-0.15, -0.1) is 0 Å². The highest BCUT2D eigenvalue weighted by molar-refractivity contribution is 5.42. The Labute approximate surface area is 130 Å². The Hall–Kier alpha value is -1.22. The van der Waals surface area contributed by atoms with E-state index in [1.807, 2.05) is 13.0 Å². The molecule has 120 valence electrons. The molecule has 0 bridgehead atoms. The first kappa shape index (κ1) is 17.8. The van der Waals surface area contributed by atoms with Crippen LogP contribution in [0.3, 0.4) is 0 Å². The molecule has 1 atom stereocenters. The predicted molar refractivity (Wildman–Crippen MR) is 89.2 cm³/mol. The van der Waals surface area contributed by atoms with Gasteiger partial charge in [-0.2, -0.15) is 0 Å². The Bertz CT molecular complexity index is 393. The van der Waals surface area contributed by atoms with Gasteiger partial charge in [-0.1, -0.05) is 39.2 Å². The molecule has 21 heavy (non-hydrogen) atoms. The molecule has 0 heterocycles. The number of hydrogen-bond acceptors (Lipinski definition) is 3. The van der Waals surface area contributed by atoms with Crippen LogP contribution in [0.1, 0.15) is 58.4 Å². The van der Waals surface area contributed by atoms with Gasteiger partial charge in [0.25, 0.3) is 0 Å². The number of benzene rings is 1. The van der Waals surface area contributed by atoms with Crippen LogP contribution in [0.2, 0.25) is 0 Å². The highest BCUT2D eigenvalue weighted by atomic mass is 16.5. The van der Waals surface area contributed by atoms with Crippen molar-refractivity contribution >= 4 is 0 Å². The smallest absolute Gasteiger partial charge is 0.161 e. The molecule has 0 saturated heterocycles. The van der Waals surface area contributed by atoms with Crippen LogP contribution >= 0.6 is 0 Å². The second-order valence-corrected chi connectivity index (χ2v) is 5.40. The van der Waals surface area contributed by atoms with E-state index in [0.717, 1.165) is 18.0 Å². The molecule has 3 nitrogen and oxygen atoms in total. The fraction of sp³-hybridized carbons (Fsp3) is 0.667. The molecule has 1 rings (SSSR count). The van der Waals surface area contributed by atoms with Gasteiger partial charge in [0.2, 0.25) is 0 Å². The van der Waals surface area contributed by atoms with Crippen LogP contribution in [0.4, 0.5) is 0 Å². The molecule has 1 N–H and O–H groups in total. The van der Waals surface area contributed by atoms with Gasteiger partial charge in [0.15, 0.2) is 11.5 Å². The standard InChI is InChI=1S/C18H31NO2/c1-5-8-9-10-16(6-2)19-14-15-11-12-17(21-7-3)18(13-15)20-4/h11-13,16,19H,5-10,14H2,1-4H3. The summed E-state index contributed by atoms with van der Waals surface area (Å²) in [5, 5.41) is 3.65. The molecule has 0 aliphatic carbocycles. The van der Waals surface area contributed by atoms with Crippen molar-refractivity contribution in [3.63, 3.8) is 0 Å². The van der Waals surface area contributed by atoms with Gasteiger partial charge in [-0.25, -0.2) is 0 Å². The zero-order valence-corrected chi connectivity index (χ0v) is 14.1. The molecule has 0 aliphatic heterocycles. The number of nitrogens with one attached hydrogen (secondary N) is 1. The lowest BCUT2D eigenvalue weighted by Gasteiger charge is -2.17. The van der Waals surface area contributed by atoms with Crippen molar-refractivity contribution in [3.05, 3.63) is 23.8 Å². The average Bonchev–Trinajstić information content (AvgIpc) is 2.52. The Morgan fingerprint density at radius 3 is 2.52 bits per heavy atom. The first-order valence-corrected chi connectivity index (χ1v) is 8.28. The Kier molecular flexibility index (Phi) is 8.91. The lowest BCUT2D eigenvalue weighted by molar-refractivity contribution is 0.310. The van der Waals surface area contributed by atoms with Crippen LogP contribution in [0.5, 0.6) is 11.5 Å². The molecule has 0 aromatic heterocycles. The van der Waals surface area contributed by atoms with E-state index < -0.39 is 0 Å². The summed E-state index contributed by atoms with van der Waals surface area (Å²) in [5.41, 5.74) is 1.24. The van der Waals surface area contributed by atoms with Gasteiger partial charge in [-0.05, 0) is 37.5 Å². The third-order valence-corrected chi connectivity index (χ3v) is 3.77. The van der Waals surface area contributed by atoms with Crippen LogP contribution in [-0.2, 0) is 6.54 Å². The van der Waals surface area contributed by atoms with E-state index in [2.05, 4.69) is 31.3 Å². The molecule has 0 amide bonds. The molecule has 1 unspecified atom stereocenters. The number of ether oxygens (including phenoxy) is 2. The molecular formula is C18H31NO2. The van der Waals surface area contributed by atoms with E-state index in [1.54, 1.807) is 7.11 Å². The molecule has 0 spiro atoms. The first-order valence-electron chi connectivity index (χ1n) is 8.28. The molecule has 3 heteroatoms. The minimum absolute atomic E-state index is 0.606. The van der Waals surface area contributed by atoms with E-state index >= 15 is 0 Å². The summed E-state index contributed by atoms with van der Waals surface area (Å²) in [6.07, 6.45) is 6.37. The minimum Gasteiger partial charge on any atom is -0.493 e. The second kappa shape index (κ2) is 10.5. The Morgan fingerprint density at radius 1 is 1.10 bits per heavy atom. The molecule has 0 radical (unpaired) electrons. The van der Waals surface area contributed by atoms with Gasteiger partial charge < -0.3 is 14.8 Å². The van der Waals surface area contributed by atoms with Crippen molar-refractivity contribution < 1.29 is 9.47 Å². The van der Waals surface area contributed by atoms with Crippen LogP contribution in [-0.4, -0.2) is 19.8 Å². The highest BCUT2D eigenvalue weighted by Crippen LogP contribution is 2.28. The van der Waals surface area contributed by atoms with Crippen molar-refractivity contribution in [1.29, 1.82) is 0 Å². The third-order valence-electron chi connectivity index (χ3n) is 3.77. The molecular weight excluding hydrogens is 262 g/mol. The lowest BCUT2D eigenvalue weighted by atomic mass is 10.1. The van der Waals surface area contributed by atoms with Crippen LogP contribution in [0.25, 0.3) is 0 Å². The summed E-state index contributed by atoms with van der Waals surface area (Å²) in [6.45, 7) is 8.02. The maximum Gasteiger partial charge on any atom is 0.161 e. The Morgan fingerprint density at radius 2 is 1.90 bits per heavy atom. The molecule has 0 aliphatic rings. The largest absolute Gasteiger partial charge is 0.493 e. The van der Waals surface area contributed by atoms with Crippen molar-refractivity contribution in [2.24, 2.45) is 0 Å². The van der Waals surface area contributed by atoms with Crippen LogP contribution in [0.15, 0.2) is 18.2 Å². The minimum atomic E-state index is 0.606. The van der Waals surface area contributed by atoms with E-state index in [-0.39, 0.29) is 0 Å². The third kappa shape index (κ3) is 6.38. The fourth-order valence-corrected chi connectivity index (χ4v) is 2.45. The molecule has 1 aromatic rings. The molecule has 0 saturated carbocycles. The Balaban J connectivity index is 2.53. The lowest BCUT2D eigenvalue weighted by Crippen LogP contribution is -2.27. The predicted octanol–water partition coefficient (Wildman–Crippen LogP) is 4.54. The quantitative estimate of drug-likeness (QED) is 0.607. The molecule has 0 fully saturated rings. The van der Waals surface area contributed by atoms with Gasteiger partial charge >= 0.3 is 0 Å². The van der Waals surface area contributed by atoms with Gasteiger partial charge in [0.05, 0.1) is 13.7 Å². The summed E-state index contributed by atoms with van der Waals surface area (Å²) < 4.78 is 10.9. The van der Waals surface area contributed by atoms with E-state index in [9.17, 15) is 0 Å². The van der Waals surface area contributed by atoms with Crippen molar-refractivity contribution in [2.45, 2.75) is 65.5 Å². The van der Waals surface area contributed by atoms with E-state index in [4.69, 9.17) is 9.47 Å². The first-order chi connectivity index (χ1) is 10.2. The maximum absolute atomic E-state index is 5.55. The number of unbranched alkanes of at least 4 members (excludes halogenated alkanes) is 2. The normalized spacial score (nSPS) is 12.2. The van der Waals surface area contributed by atoms with Crippen LogP contribution in [0, 0.1) is 0 Å². The monoisotopic (exact) mass is 293 g/mol. The van der Waals surface area contributed by atoms with E-state index in [0.29, 0.717) is 12.6 Å². The van der Waals surface area contributed by atoms with Crippen molar-refractivity contribution in [1.82, 2.24) is 5.32 Å². The van der Waals surface area contributed by atoms with Gasteiger partial charge in [0, 0.05) is 12.6 Å². The van der Waals surface area contributed by atoms with Gasteiger partial charge in [-0.3, -0.25) is 0 Å². The molecule has 1 aromatic carbocycles. The number of methoxy groups -OCH3 is 1. The summed E-state index contributed by atoms with van der Waals surface area (Å²) in [6, 6.07) is 6.78. The second-order valence-electron chi connectivity index (χ2n) is 5.40. The van der Waals surface area contributed by atoms with E-state index in [1.165, 1.54) is 37.7 Å².